The summed E-state index contributed by atoms with van der Waals surface area (Å²) in [5, 5.41) is 10.7. The fourth-order valence-electron chi connectivity index (χ4n) is 1.20. The minimum absolute atomic E-state index is 0.381. The fourth-order valence-corrected chi connectivity index (χ4v) is 1.20. The minimum Gasteiger partial charge on any atom is -0.478 e. The molecule has 0 aliphatic rings. The van der Waals surface area contributed by atoms with Crippen molar-refractivity contribution in [3.63, 3.8) is 0 Å². The Hall–Kier alpha value is -2.59. The number of hydrogen-bond acceptors (Lipinski definition) is 7. The molecule has 20 heavy (non-hydrogen) atoms. The third kappa shape index (κ3) is 3.46. The number of carbonyl (C=O) groups is 1. The third-order valence-electron chi connectivity index (χ3n) is 1.93. The van der Waals surface area contributed by atoms with Crippen molar-refractivity contribution in [2.75, 3.05) is 14.2 Å². The van der Waals surface area contributed by atoms with E-state index in [1.54, 1.807) is 0 Å². The Bertz CT molecular complexity index is 545. The Balaban J connectivity index is 3.45. The number of carbonyl (C=O) groups excluding carboxylic acids is 1. The molecule has 11 heteroatoms. The molecule has 0 bridgehead atoms. The molecule has 1 rings (SSSR count). The van der Waals surface area contributed by atoms with Crippen LogP contribution in [0.25, 0.3) is 0 Å². The van der Waals surface area contributed by atoms with Gasteiger partial charge in [-0.05, 0) is 0 Å². The van der Waals surface area contributed by atoms with Crippen LogP contribution in [-0.4, -0.2) is 36.5 Å². The fraction of sp³-hybridized carbons (Fsp3) is 0.333. The van der Waals surface area contributed by atoms with Crippen LogP contribution in [0.4, 0.5) is 18.9 Å². The molecular formula is C9H7F3N2O6. The number of esters is 1. The molecular weight excluding hydrogens is 289 g/mol. The lowest BCUT2D eigenvalue weighted by atomic mass is 10.3. The highest BCUT2D eigenvalue weighted by Crippen LogP contribution is 2.35. The van der Waals surface area contributed by atoms with Crippen LogP contribution in [0.1, 0.15) is 10.5 Å². The maximum absolute atomic E-state index is 12.1. The van der Waals surface area contributed by atoms with Crippen LogP contribution in [0, 0.1) is 10.1 Å². The van der Waals surface area contributed by atoms with Crippen molar-refractivity contribution in [3.8, 4) is 11.6 Å². The van der Waals surface area contributed by atoms with E-state index < -0.39 is 40.3 Å². The highest BCUT2D eigenvalue weighted by Gasteiger charge is 2.35. The first-order valence-electron chi connectivity index (χ1n) is 4.77. The maximum atomic E-state index is 12.1. The molecule has 0 fully saturated rings. The minimum atomic E-state index is -5.10. The van der Waals surface area contributed by atoms with Gasteiger partial charge in [0.15, 0.2) is 5.75 Å². The lowest BCUT2D eigenvalue weighted by molar-refractivity contribution is -0.385. The zero-order valence-electron chi connectivity index (χ0n) is 10.1. The summed E-state index contributed by atoms with van der Waals surface area (Å²) >= 11 is 0. The number of hydrogen-bond donors (Lipinski definition) is 0. The summed E-state index contributed by atoms with van der Waals surface area (Å²) in [4.78, 5) is 24.2. The number of ether oxygens (including phenoxy) is 3. The van der Waals surface area contributed by atoms with Crippen LogP contribution in [0.5, 0.6) is 11.6 Å². The van der Waals surface area contributed by atoms with Gasteiger partial charge in [0.2, 0.25) is 5.69 Å². The van der Waals surface area contributed by atoms with Gasteiger partial charge in [0.25, 0.3) is 5.88 Å². The summed E-state index contributed by atoms with van der Waals surface area (Å²) < 4.78 is 48.7. The molecule has 1 heterocycles. The standard InChI is InChI=1S/C9H7F3N2O6/c1-18-7-5(20-9(10,11)12)3-4(14(16)17)6(13-7)8(15)19-2/h3H,1-2H3. The monoisotopic (exact) mass is 296 g/mol. The second-order valence-corrected chi connectivity index (χ2v) is 3.16. The Kier molecular flexibility index (Phi) is 4.32. The van der Waals surface area contributed by atoms with Gasteiger partial charge in [0, 0.05) is 0 Å². The molecule has 0 aliphatic heterocycles. The average molecular weight is 296 g/mol. The SMILES string of the molecule is COC(=O)c1nc(OC)c(OC(F)(F)F)cc1[N+](=O)[O-]. The number of methoxy groups -OCH3 is 2. The van der Waals surface area contributed by atoms with E-state index in [0.29, 0.717) is 6.07 Å². The first kappa shape index (κ1) is 15.5. The lowest BCUT2D eigenvalue weighted by Gasteiger charge is -2.12. The topological polar surface area (TPSA) is 101 Å². The first-order chi connectivity index (χ1) is 9.19. The number of nitro groups is 1. The van der Waals surface area contributed by atoms with E-state index in [1.807, 2.05) is 0 Å². The van der Waals surface area contributed by atoms with Crippen molar-refractivity contribution in [2.45, 2.75) is 6.36 Å². The van der Waals surface area contributed by atoms with Gasteiger partial charge in [-0.2, -0.15) is 4.98 Å². The Labute approximate surface area is 109 Å². The number of pyridine rings is 1. The molecule has 0 radical (unpaired) electrons. The van der Waals surface area contributed by atoms with Crippen LogP contribution in [-0.2, 0) is 4.74 Å². The molecule has 0 aromatic carbocycles. The summed E-state index contributed by atoms with van der Waals surface area (Å²) in [6.45, 7) is 0. The van der Waals surface area contributed by atoms with Crippen LogP contribution in [0.2, 0.25) is 0 Å². The van der Waals surface area contributed by atoms with E-state index >= 15 is 0 Å². The molecule has 0 saturated heterocycles. The highest BCUT2D eigenvalue weighted by molar-refractivity contribution is 5.92. The number of halogens is 3. The smallest absolute Gasteiger partial charge is 0.478 e. The number of rotatable bonds is 4. The maximum Gasteiger partial charge on any atom is 0.573 e. The first-order valence-corrected chi connectivity index (χ1v) is 4.77. The van der Waals surface area contributed by atoms with Gasteiger partial charge in [0.1, 0.15) is 0 Å². The molecule has 0 saturated carbocycles. The van der Waals surface area contributed by atoms with E-state index in [9.17, 15) is 28.1 Å². The van der Waals surface area contributed by atoms with Crippen molar-refractivity contribution in [1.29, 1.82) is 0 Å². The Morgan fingerprint density at radius 2 is 2.00 bits per heavy atom. The summed E-state index contributed by atoms with van der Waals surface area (Å²) in [7, 11) is 1.89. The van der Waals surface area contributed by atoms with Gasteiger partial charge in [-0.3, -0.25) is 10.1 Å². The van der Waals surface area contributed by atoms with Crippen LogP contribution in [0.3, 0.4) is 0 Å². The zero-order valence-corrected chi connectivity index (χ0v) is 10.1. The molecule has 0 spiro atoms. The largest absolute Gasteiger partial charge is 0.573 e. The van der Waals surface area contributed by atoms with E-state index in [1.165, 1.54) is 0 Å². The van der Waals surface area contributed by atoms with Crippen LogP contribution < -0.4 is 9.47 Å². The zero-order chi connectivity index (χ0) is 15.5. The average Bonchev–Trinajstić information content (AvgIpc) is 2.35. The van der Waals surface area contributed by atoms with Crippen molar-refractivity contribution >= 4 is 11.7 Å². The lowest BCUT2D eigenvalue weighted by Crippen LogP contribution is -2.19. The summed E-state index contributed by atoms with van der Waals surface area (Å²) in [6, 6.07) is 0.381. The number of aromatic nitrogens is 1. The molecule has 8 nitrogen and oxygen atoms in total. The van der Waals surface area contributed by atoms with E-state index in [-0.39, 0.29) is 0 Å². The summed E-state index contributed by atoms with van der Waals surface area (Å²) in [6.07, 6.45) is -5.10. The van der Waals surface area contributed by atoms with Crippen LogP contribution in [0.15, 0.2) is 6.07 Å². The number of alkyl halides is 3. The second kappa shape index (κ2) is 5.59. The molecule has 0 N–H and O–H groups in total. The quantitative estimate of drug-likeness (QED) is 0.473. The predicted octanol–water partition coefficient (Wildman–Crippen LogP) is 1.68. The van der Waals surface area contributed by atoms with Gasteiger partial charge >= 0.3 is 18.0 Å². The highest BCUT2D eigenvalue weighted by atomic mass is 19.4. The Morgan fingerprint density at radius 3 is 2.40 bits per heavy atom. The van der Waals surface area contributed by atoms with Gasteiger partial charge in [0.05, 0.1) is 25.2 Å². The van der Waals surface area contributed by atoms with E-state index in [4.69, 9.17) is 0 Å². The molecule has 0 atom stereocenters. The van der Waals surface area contributed by atoms with Gasteiger partial charge in [-0.15, -0.1) is 13.2 Å². The molecule has 1 aromatic rings. The van der Waals surface area contributed by atoms with Crippen molar-refractivity contribution in [2.24, 2.45) is 0 Å². The molecule has 110 valence electrons. The normalized spacial score (nSPS) is 10.8. The molecule has 0 amide bonds. The van der Waals surface area contributed by atoms with Gasteiger partial charge < -0.3 is 14.2 Å². The predicted molar refractivity (Wildman–Crippen MR) is 55.5 cm³/mol. The molecule has 0 unspecified atom stereocenters. The molecule has 1 aromatic heterocycles. The third-order valence-corrected chi connectivity index (χ3v) is 1.93. The van der Waals surface area contributed by atoms with E-state index in [0.717, 1.165) is 14.2 Å². The van der Waals surface area contributed by atoms with Crippen molar-refractivity contribution in [3.05, 3.63) is 21.9 Å². The molecule has 0 aliphatic carbocycles. The summed E-state index contributed by atoms with van der Waals surface area (Å²) in [5.74, 6) is -2.98. The van der Waals surface area contributed by atoms with E-state index in [2.05, 4.69) is 19.2 Å². The van der Waals surface area contributed by atoms with Crippen molar-refractivity contribution in [1.82, 2.24) is 4.98 Å². The van der Waals surface area contributed by atoms with Crippen molar-refractivity contribution < 1.29 is 37.1 Å². The van der Waals surface area contributed by atoms with Crippen LogP contribution >= 0.6 is 0 Å². The second-order valence-electron chi connectivity index (χ2n) is 3.16. The summed E-state index contributed by atoms with van der Waals surface area (Å²) in [5.41, 5.74) is -1.80. The van der Waals surface area contributed by atoms with Gasteiger partial charge in [-0.1, -0.05) is 0 Å². The number of nitrogens with zero attached hydrogens (tertiary/aromatic N) is 2. The Morgan fingerprint density at radius 1 is 1.40 bits per heavy atom. The van der Waals surface area contributed by atoms with Gasteiger partial charge in [-0.25, -0.2) is 4.79 Å².